The molecule has 1 fully saturated rings. The number of benzene rings is 1. The van der Waals surface area contributed by atoms with Crippen LogP contribution in [-0.2, 0) is 34.4 Å². The van der Waals surface area contributed by atoms with E-state index in [4.69, 9.17) is 9.31 Å². The highest BCUT2D eigenvalue weighted by Crippen LogP contribution is 2.68. The highest BCUT2D eigenvalue weighted by atomic mass is 31.2. The van der Waals surface area contributed by atoms with Crippen LogP contribution in [0.5, 0.6) is 0 Å². The van der Waals surface area contributed by atoms with Crippen molar-refractivity contribution in [2.45, 2.75) is 50.6 Å². The van der Waals surface area contributed by atoms with Crippen molar-refractivity contribution >= 4 is 39.9 Å². The van der Waals surface area contributed by atoms with Crippen molar-refractivity contribution in [3.05, 3.63) is 60.2 Å². The fourth-order valence-corrected chi connectivity index (χ4v) is 7.25. The molecular formula is C29H44BN5O12P2. The highest BCUT2D eigenvalue weighted by molar-refractivity contribution is 7.72. The molecule has 0 saturated carbocycles. The number of nitrogens with one attached hydrogen (secondary N) is 2. The third-order valence-corrected chi connectivity index (χ3v) is 11.6. The number of carbonyl (C=O) groups excluding carboxylic acids is 3. The number of aromatic nitrogens is 2. The van der Waals surface area contributed by atoms with Crippen molar-refractivity contribution in [3.63, 3.8) is 0 Å². The summed E-state index contributed by atoms with van der Waals surface area (Å²) in [5, 5.41) is 11.5. The molecule has 7 N–H and O–H groups in total. The van der Waals surface area contributed by atoms with Gasteiger partial charge in [0.15, 0.2) is 5.78 Å². The molecule has 1 saturated heterocycles. The van der Waals surface area contributed by atoms with E-state index in [0.717, 1.165) is 5.56 Å². The average Bonchev–Trinajstić information content (AvgIpc) is 3.01. The Morgan fingerprint density at radius 1 is 1.02 bits per heavy atom. The lowest BCUT2D eigenvalue weighted by Crippen LogP contribution is -2.54. The number of Topliss-reactive ketones (excluding diaryl/α,β-unsaturated/α-hetero) is 1. The van der Waals surface area contributed by atoms with Crippen molar-refractivity contribution in [2.24, 2.45) is 11.8 Å². The Hall–Kier alpha value is -2.89. The zero-order valence-electron chi connectivity index (χ0n) is 27.3. The van der Waals surface area contributed by atoms with Gasteiger partial charge in [-0.15, -0.1) is 0 Å². The van der Waals surface area contributed by atoms with Crippen LogP contribution >= 0.6 is 15.2 Å². The van der Waals surface area contributed by atoms with Crippen LogP contribution < -0.4 is 10.6 Å². The molecule has 0 radical (unpaired) electrons. The maximum atomic E-state index is 13.8. The first-order chi connectivity index (χ1) is 23.0. The lowest BCUT2D eigenvalue weighted by Gasteiger charge is -2.32. The van der Waals surface area contributed by atoms with E-state index in [1.807, 2.05) is 49.1 Å². The number of carbonyl (C=O) groups is 3. The Morgan fingerprint density at radius 3 is 2.20 bits per heavy atom. The van der Waals surface area contributed by atoms with Crippen molar-refractivity contribution in [3.8, 4) is 0 Å². The zero-order chi connectivity index (χ0) is 36.2. The molecule has 1 aliphatic rings. The predicted octanol–water partition coefficient (Wildman–Crippen LogP) is 0.323. The van der Waals surface area contributed by atoms with Gasteiger partial charge in [-0.2, -0.15) is 0 Å². The van der Waals surface area contributed by atoms with E-state index < -0.39 is 51.6 Å². The van der Waals surface area contributed by atoms with Gasteiger partial charge < -0.3 is 44.6 Å². The van der Waals surface area contributed by atoms with E-state index in [9.17, 15) is 48.2 Å². The molecule has 2 atom stereocenters. The maximum absolute atomic E-state index is 13.8. The number of hydrogen-bond acceptors (Lipinski definition) is 11. The van der Waals surface area contributed by atoms with E-state index in [2.05, 4.69) is 20.6 Å². The predicted molar refractivity (Wildman–Crippen MR) is 177 cm³/mol. The second kappa shape index (κ2) is 18.4. The molecular weight excluding hydrogens is 683 g/mol. The Labute approximate surface area is 284 Å². The van der Waals surface area contributed by atoms with Gasteiger partial charge in [-0.3, -0.25) is 33.4 Å². The SMILES string of the molecule is CC(C)C[C@@H](NC(=O)[C@H](CC(=O)c1cnccn1)Cc1ccccc1)B1OCCN(CCNC(=O)CC(O)(P(=O)(O)O)P(=O)(O)O)CCO1. The Kier molecular flexibility index (Phi) is 15.2. The zero-order valence-corrected chi connectivity index (χ0v) is 29.1. The third-order valence-electron chi connectivity index (χ3n) is 7.82. The van der Waals surface area contributed by atoms with E-state index in [0.29, 0.717) is 25.9 Å². The monoisotopic (exact) mass is 727 g/mol. The minimum Gasteiger partial charge on any atom is -0.408 e. The molecule has 270 valence electrons. The quantitative estimate of drug-likeness (QED) is 0.0658. The first-order valence-electron chi connectivity index (χ1n) is 15.7. The van der Waals surface area contributed by atoms with Crippen molar-refractivity contribution in [2.75, 3.05) is 39.4 Å². The van der Waals surface area contributed by atoms with Crippen LogP contribution in [-0.4, -0.2) is 115 Å². The second-order valence-electron chi connectivity index (χ2n) is 12.2. The lowest BCUT2D eigenvalue weighted by atomic mass is 9.73. The summed E-state index contributed by atoms with van der Waals surface area (Å²) in [6, 6.07) is 9.38. The van der Waals surface area contributed by atoms with Gasteiger partial charge in [-0.1, -0.05) is 44.2 Å². The number of amides is 2. The molecule has 1 aromatic carbocycles. The molecule has 2 amide bonds. The van der Waals surface area contributed by atoms with Gasteiger partial charge in [-0.05, 0) is 24.3 Å². The summed E-state index contributed by atoms with van der Waals surface area (Å²) in [7, 11) is -12.3. The average molecular weight is 727 g/mol. The number of hydrogen-bond donors (Lipinski definition) is 7. The molecule has 2 heterocycles. The molecule has 20 heteroatoms. The van der Waals surface area contributed by atoms with Gasteiger partial charge in [0.1, 0.15) is 5.69 Å². The minimum absolute atomic E-state index is 0.0667. The molecule has 0 unspecified atom stereocenters. The standard InChI is InChI=1S/C29H44BN5O12P2/c1-21(2)16-26(34-28(38)23(17-22-6-4-3-5-7-22)18-25(36)24-20-31-8-9-32-24)30-46-14-12-35(13-15-47-30)11-10-33-27(37)19-29(39,48(40,41)42)49(43,44)45/h3-9,20-21,23,26,39H,10-19H2,1-2H3,(H,33,37)(H,34,38)(H2,40,41,42)(H2,43,44,45)/t23-,26+/m0/s1. The van der Waals surface area contributed by atoms with Gasteiger partial charge in [0, 0.05) is 64.1 Å². The molecule has 17 nitrogen and oxygen atoms in total. The normalized spacial score (nSPS) is 16.4. The van der Waals surface area contributed by atoms with E-state index in [1.54, 1.807) is 0 Å². The summed E-state index contributed by atoms with van der Waals surface area (Å²) < 4.78 is 35.1. The lowest BCUT2D eigenvalue weighted by molar-refractivity contribution is -0.125. The minimum atomic E-state index is -5.76. The molecule has 0 bridgehead atoms. The highest BCUT2D eigenvalue weighted by Gasteiger charge is 2.60. The smallest absolute Gasteiger partial charge is 0.408 e. The summed E-state index contributed by atoms with van der Waals surface area (Å²) in [6.45, 7) is 5.28. The van der Waals surface area contributed by atoms with Gasteiger partial charge in [0.05, 0.1) is 18.6 Å². The number of ketones is 1. The van der Waals surface area contributed by atoms with Gasteiger partial charge in [0.25, 0.3) is 5.08 Å². The van der Waals surface area contributed by atoms with Gasteiger partial charge >= 0.3 is 22.3 Å². The van der Waals surface area contributed by atoms with Crippen molar-refractivity contribution in [1.82, 2.24) is 25.5 Å². The second-order valence-corrected chi connectivity index (χ2v) is 16.2. The summed E-state index contributed by atoms with van der Waals surface area (Å²) in [5.74, 6) is -2.88. The van der Waals surface area contributed by atoms with Crippen LogP contribution in [0.4, 0.5) is 0 Å². The van der Waals surface area contributed by atoms with Crippen LogP contribution in [0.25, 0.3) is 0 Å². The fraction of sp³-hybridized carbons (Fsp3) is 0.552. The Balaban J connectivity index is 1.59. The van der Waals surface area contributed by atoms with Crippen LogP contribution in [0, 0.1) is 11.8 Å². The first-order valence-corrected chi connectivity index (χ1v) is 18.9. The summed E-state index contributed by atoms with van der Waals surface area (Å²) in [4.78, 5) is 85.9. The largest absolute Gasteiger partial charge is 0.480 e. The van der Waals surface area contributed by atoms with Gasteiger partial charge in [-0.25, -0.2) is 4.98 Å². The molecule has 1 aliphatic heterocycles. The molecule has 0 aliphatic carbocycles. The van der Waals surface area contributed by atoms with E-state index in [-0.39, 0.29) is 56.0 Å². The fourth-order valence-electron chi connectivity index (χ4n) is 5.19. The third kappa shape index (κ3) is 12.4. The topological polar surface area (TPSA) is 258 Å². The van der Waals surface area contributed by atoms with E-state index >= 15 is 0 Å². The van der Waals surface area contributed by atoms with Crippen molar-refractivity contribution < 1.29 is 57.5 Å². The maximum Gasteiger partial charge on any atom is 0.480 e. The Morgan fingerprint density at radius 2 is 1.65 bits per heavy atom. The van der Waals surface area contributed by atoms with Gasteiger partial charge in [0.2, 0.25) is 11.8 Å². The van der Waals surface area contributed by atoms with Crippen molar-refractivity contribution in [1.29, 1.82) is 0 Å². The summed E-state index contributed by atoms with van der Waals surface area (Å²) in [5.41, 5.74) is 1.07. The number of aliphatic hydroxyl groups is 1. The van der Waals surface area contributed by atoms with E-state index in [1.165, 1.54) is 18.6 Å². The molecule has 49 heavy (non-hydrogen) atoms. The first kappa shape index (κ1) is 40.5. The molecule has 1 aromatic heterocycles. The summed E-state index contributed by atoms with van der Waals surface area (Å²) in [6.07, 6.45) is 3.52. The van der Waals surface area contributed by atoms with Crippen LogP contribution in [0.15, 0.2) is 48.9 Å². The number of rotatable bonds is 17. The van der Waals surface area contributed by atoms with Crippen LogP contribution in [0.2, 0.25) is 0 Å². The summed E-state index contributed by atoms with van der Waals surface area (Å²) >= 11 is 0. The molecule has 2 aromatic rings. The molecule has 3 rings (SSSR count). The van der Waals surface area contributed by atoms with Crippen LogP contribution in [0.1, 0.15) is 49.2 Å². The number of nitrogens with zero attached hydrogens (tertiary/aromatic N) is 3. The van der Waals surface area contributed by atoms with Crippen LogP contribution in [0.3, 0.4) is 0 Å². The molecule has 0 spiro atoms. The Bertz CT molecular complexity index is 1450.